The molecule has 2 aromatic rings. The van der Waals surface area contributed by atoms with Gasteiger partial charge in [0.2, 0.25) is 11.8 Å². The van der Waals surface area contributed by atoms with Crippen molar-refractivity contribution in [2.45, 2.75) is 31.8 Å². The summed E-state index contributed by atoms with van der Waals surface area (Å²) in [7, 11) is 0. The van der Waals surface area contributed by atoms with Crippen molar-refractivity contribution in [3.8, 4) is 0 Å². The van der Waals surface area contributed by atoms with Gasteiger partial charge in [-0.2, -0.15) is 0 Å². The smallest absolute Gasteiger partial charge is 0.248 e. The van der Waals surface area contributed by atoms with Gasteiger partial charge < -0.3 is 16.0 Å². The van der Waals surface area contributed by atoms with Gasteiger partial charge >= 0.3 is 0 Å². The first-order valence-electron chi connectivity index (χ1n) is 8.53. The zero-order valence-electron chi connectivity index (χ0n) is 14.8. The van der Waals surface area contributed by atoms with Gasteiger partial charge in [-0.3, -0.25) is 9.59 Å². The number of benzene rings is 2. The molecule has 1 atom stereocenters. The maximum absolute atomic E-state index is 12.9. The molecule has 1 heterocycles. The zero-order chi connectivity index (χ0) is 18.9. The largest absolute Gasteiger partial charge is 0.374 e. The van der Waals surface area contributed by atoms with Crippen LogP contribution in [0.25, 0.3) is 0 Å². The Balaban J connectivity index is 1.73. The third-order valence-corrected chi connectivity index (χ3v) is 5.19. The predicted octanol–water partition coefficient (Wildman–Crippen LogP) is 3.39. The van der Waals surface area contributed by atoms with E-state index < -0.39 is 11.4 Å². The first-order chi connectivity index (χ1) is 12.3. The Morgan fingerprint density at radius 2 is 1.77 bits per heavy atom. The highest BCUT2D eigenvalue weighted by atomic mass is 35.5. The lowest BCUT2D eigenvalue weighted by molar-refractivity contribution is -0.133. The minimum absolute atomic E-state index is 0.0592. The van der Waals surface area contributed by atoms with Gasteiger partial charge in [-0.1, -0.05) is 23.7 Å². The fraction of sp³-hybridized carbons (Fsp3) is 0.300. The second-order valence-corrected chi connectivity index (χ2v) is 7.42. The lowest BCUT2D eigenvalue weighted by atomic mass is 9.92. The van der Waals surface area contributed by atoms with Gasteiger partial charge in [0.15, 0.2) is 0 Å². The molecule has 1 saturated heterocycles. The van der Waals surface area contributed by atoms with Crippen molar-refractivity contribution in [1.29, 1.82) is 0 Å². The monoisotopic (exact) mass is 371 g/mol. The average Bonchev–Trinajstić information content (AvgIpc) is 2.97. The summed E-state index contributed by atoms with van der Waals surface area (Å²) in [6.45, 7) is 4.75. The molecule has 3 rings (SSSR count). The van der Waals surface area contributed by atoms with Gasteiger partial charge in [-0.15, -0.1) is 0 Å². The van der Waals surface area contributed by atoms with Gasteiger partial charge in [0.25, 0.3) is 0 Å². The molecule has 3 N–H and O–H groups in total. The molecule has 26 heavy (non-hydrogen) atoms. The van der Waals surface area contributed by atoms with Crippen LogP contribution in [0.1, 0.15) is 36.2 Å². The van der Waals surface area contributed by atoms with Crippen molar-refractivity contribution in [2.24, 2.45) is 5.73 Å². The molecule has 1 aliphatic heterocycles. The van der Waals surface area contributed by atoms with Crippen molar-refractivity contribution < 1.29 is 9.59 Å². The zero-order valence-corrected chi connectivity index (χ0v) is 15.6. The molecule has 1 aliphatic rings. The number of nitrogens with two attached hydrogens (primary N) is 1. The Morgan fingerprint density at radius 1 is 1.15 bits per heavy atom. The molecule has 6 heteroatoms. The predicted molar refractivity (Wildman–Crippen MR) is 103 cm³/mol. The molecule has 5 nitrogen and oxygen atoms in total. The van der Waals surface area contributed by atoms with E-state index in [1.54, 1.807) is 24.3 Å². The maximum atomic E-state index is 12.9. The van der Waals surface area contributed by atoms with E-state index in [1.807, 2.05) is 43.0 Å². The highest BCUT2D eigenvalue weighted by molar-refractivity contribution is 6.30. The molecule has 136 valence electrons. The van der Waals surface area contributed by atoms with Crippen LogP contribution in [0.2, 0.25) is 5.02 Å². The number of rotatable bonds is 5. The van der Waals surface area contributed by atoms with Crippen LogP contribution in [0, 0.1) is 0 Å². The first kappa shape index (κ1) is 18.3. The Hall–Kier alpha value is -2.53. The van der Waals surface area contributed by atoms with Crippen LogP contribution in [0.3, 0.4) is 0 Å². The summed E-state index contributed by atoms with van der Waals surface area (Å²) in [6.07, 6.45) is 0.716. The van der Waals surface area contributed by atoms with Crippen molar-refractivity contribution in [1.82, 2.24) is 4.90 Å². The number of likely N-dealkylation sites (tertiary alicyclic amines) is 1. The number of hydrogen-bond acceptors (Lipinski definition) is 3. The standard InChI is InChI=1S/C20H22ClN3O2/c1-20(2,14-5-7-15(21)8-6-14)24-12-11-17(19(24)26)23-16-9-3-13(4-10-16)18(22)25/h3-10,17,23H,11-12H2,1-2H3,(H2,22,25). The average molecular weight is 372 g/mol. The quantitative estimate of drug-likeness (QED) is 0.845. The van der Waals surface area contributed by atoms with Crippen molar-refractivity contribution in [2.75, 3.05) is 11.9 Å². The van der Waals surface area contributed by atoms with Gasteiger partial charge in [0, 0.05) is 22.8 Å². The number of carbonyl (C=O) groups excluding carboxylic acids is 2. The summed E-state index contributed by atoms with van der Waals surface area (Å²) < 4.78 is 0. The van der Waals surface area contributed by atoms with Gasteiger partial charge in [-0.25, -0.2) is 0 Å². The van der Waals surface area contributed by atoms with Crippen molar-refractivity contribution >= 4 is 29.1 Å². The molecule has 0 bridgehead atoms. The van der Waals surface area contributed by atoms with E-state index in [0.29, 0.717) is 23.6 Å². The van der Waals surface area contributed by atoms with Crippen LogP contribution < -0.4 is 11.1 Å². The number of hydrogen-bond donors (Lipinski definition) is 2. The summed E-state index contributed by atoms with van der Waals surface area (Å²) in [6, 6.07) is 14.1. The van der Waals surface area contributed by atoms with E-state index in [-0.39, 0.29) is 11.9 Å². The molecule has 0 radical (unpaired) electrons. The highest BCUT2D eigenvalue weighted by Gasteiger charge is 2.40. The fourth-order valence-corrected chi connectivity index (χ4v) is 3.44. The minimum atomic E-state index is -0.468. The molecule has 1 unspecified atom stereocenters. The molecule has 0 saturated carbocycles. The Morgan fingerprint density at radius 3 is 2.35 bits per heavy atom. The molecule has 0 aliphatic carbocycles. The number of nitrogens with zero attached hydrogens (tertiary/aromatic N) is 1. The number of nitrogens with one attached hydrogen (secondary N) is 1. The molecule has 0 aromatic heterocycles. The van der Waals surface area contributed by atoms with E-state index in [9.17, 15) is 9.59 Å². The van der Waals surface area contributed by atoms with Crippen LogP contribution in [-0.2, 0) is 10.3 Å². The Bertz CT molecular complexity index is 816. The number of anilines is 1. The van der Waals surface area contributed by atoms with Gasteiger partial charge in [-0.05, 0) is 62.2 Å². The summed E-state index contributed by atoms with van der Waals surface area (Å²) in [5.74, 6) is -0.409. The number of carbonyl (C=O) groups is 2. The van der Waals surface area contributed by atoms with Crippen LogP contribution in [0.4, 0.5) is 5.69 Å². The lowest BCUT2D eigenvalue weighted by Crippen LogP contribution is -2.45. The summed E-state index contributed by atoms with van der Waals surface area (Å²) in [4.78, 5) is 26.0. The van der Waals surface area contributed by atoms with Crippen molar-refractivity contribution in [3.63, 3.8) is 0 Å². The third-order valence-electron chi connectivity index (χ3n) is 4.94. The Kier molecular flexibility index (Phi) is 4.92. The first-order valence-corrected chi connectivity index (χ1v) is 8.91. The van der Waals surface area contributed by atoms with E-state index >= 15 is 0 Å². The normalized spacial score (nSPS) is 17.4. The van der Waals surface area contributed by atoms with Gasteiger partial charge in [0.05, 0.1) is 5.54 Å². The van der Waals surface area contributed by atoms with Crippen LogP contribution in [0.15, 0.2) is 48.5 Å². The van der Waals surface area contributed by atoms with E-state index in [1.165, 1.54) is 0 Å². The van der Waals surface area contributed by atoms with Crippen LogP contribution in [0.5, 0.6) is 0 Å². The highest BCUT2D eigenvalue weighted by Crippen LogP contribution is 2.33. The molecule has 2 aromatic carbocycles. The second-order valence-electron chi connectivity index (χ2n) is 6.98. The second kappa shape index (κ2) is 7.00. The molecule has 1 fully saturated rings. The third kappa shape index (κ3) is 3.53. The fourth-order valence-electron chi connectivity index (χ4n) is 3.31. The molecular formula is C20H22ClN3O2. The molecular weight excluding hydrogens is 350 g/mol. The number of halogens is 1. The number of amides is 2. The summed E-state index contributed by atoms with van der Waals surface area (Å²) >= 11 is 5.97. The van der Waals surface area contributed by atoms with Gasteiger partial charge in [0.1, 0.15) is 6.04 Å². The SMILES string of the molecule is CC(C)(c1ccc(Cl)cc1)N1CCC(Nc2ccc(C(N)=O)cc2)C1=O. The summed E-state index contributed by atoms with van der Waals surface area (Å²) in [5.41, 5.74) is 7.11. The van der Waals surface area contributed by atoms with E-state index in [4.69, 9.17) is 17.3 Å². The lowest BCUT2D eigenvalue weighted by Gasteiger charge is -2.36. The number of primary amides is 1. The van der Waals surface area contributed by atoms with Crippen LogP contribution in [-0.4, -0.2) is 29.3 Å². The molecule has 0 spiro atoms. The topological polar surface area (TPSA) is 75.4 Å². The van der Waals surface area contributed by atoms with Crippen LogP contribution >= 0.6 is 11.6 Å². The van der Waals surface area contributed by atoms with E-state index in [2.05, 4.69) is 5.32 Å². The minimum Gasteiger partial charge on any atom is -0.374 e. The molecule has 2 amide bonds. The van der Waals surface area contributed by atoms with E-state index in [0.717, 1.165) is 11.3 Å². The van der Waals surface area contributed by atoms with Crippen molar-refractivity contribution in [3.05, 3.63) is 64.7 Å². The summed E-state index contributed by atoms with van der Waals surface area (Å²) in [5, 5.41) is 3.93. The Labute approximate surface area is 158 Å². The maximum Gasteiger partial charge on any atom is 0.248 e.